The zero-order valence-corrected chi connectivity index (χ0v) is 19.9. The topological polar surface area (TPSA) is 109 Å². The molecular weight excluding hydrogens is 420 g/mol. The minimum Gasteiger partial charge on any atom is -0.481 e. The first-order chi connectivity index (χ1) is 15.6. The van der Waals surface area contributed by atoms with Crippen LogP contribution in [0, 0.1) is 0 Å². The van der Waals surface area contributed by atoms with E-state index in [-0.39, 0.29) is 11.9 Å². The molecule has 3 aromatic heterocycles. The van der Waals surface area contributed by atoms with Crippen LogP contribution < -0.4 is 10.5 Å². The molecule has 0 fully saturated rings. The zero-order chi connectivity index (χ0) is 24.0. The Hall–Kier alpha value is -3.10. The molecular formula is C25H30N4O4. The van der Waals surface area contributed by atoms with Crippen molar-refractivity contribution in [2.75, 3.05) is 20.8 Å². The highest BCUT2D eigenvalue weighted by atomic mass is 16.6. The van der Waals surface area contributed by atoms with Gasteiger partial charge in [-0.25, -0.2) is 9.78 Å². The molecule has 174 valence electrons. The van der Waals surface area contributed by atoms with Gasteiger partial charge in [0.25, 0.3) is 0 Å². The average molecular weight is 451 g/mol. The molecule has 33 heavy (non-hydrogen) atoms. The molecule has 0 unspecified atom stereocenters. The Bertz CT molecular complexity index is 1220. The van der Waals surface area contributed by atoms with Gasteiger partial charge in [-0.3, -0.25) is 9.97 Å². The van der Waals surface area contributed by atoms with E-state index in [2.05, 4.69) is 9.97 Å². The van der Waals surface area contributed by atoms with Gasteiger partial charge in [-0.2, -0.15) is 0 Å². The molecule has 0 saturated carbocycles. The third kappa shape index (κ3) is 4.16. The summed E-state index contributed by atoms with van der Waals surface area (Å²) in [6.07, 6.45) is 3.99. The first-order valence-electron chi connectivity index (χ1n) is 10.9. The maximum absolute atomic E-state index is 12.4. The number of nitrogens with zero attached hydrogens (tertiary/aromatic N) is 3. The summed E-state index contributed by atoms with van der Waals surface area (Å²) in [5, 5.41) is 1.69. The molecule has 1 aliphatic rings. The monoisotopic (exact) mass is 450 g/mol. The van der Waals surface area contributed by atoms with Crippen molar-refractivity contribution in [2.45, 2.75) is 51.2 Å². The van der Waals surface area contributed by atoms with E-state index in [4.69, 9.17) is 24.9 Å². The van der Waals surface area contributed by atoms with Crippen molar-refractivity contribution in [3.63, 3.8) is 0 Å². The van der Waals surface area contributed by atoms with Crippen LogP contribution in [0.5, 0.6) is 5.88 Å². The Morgan fingerprint density at radius 1 is 1.15 bits per heavy atom. The molecule has 2 atom stereocenters. The second-order valence-electron chi connectivity index (χ2n) is 9.38. The summed E-state index contributed by atoms with van der Waals surface area (Å²) in [5.41, 5.74) is 8.99. The number of esters is 1. The van der Waals surface area contributed by atoms with Crippen molar-refractivity contribution in [3.05, 3.63) is 58.8 Å². The molecule has 0 aromatic carbocycles. The van der Waals surface area contributed by atoms with Crippen LogP contribution in [0.3, 0.4) is 0 Å². The number of fused-ring (bicyclic) bond motifs is 2. The first kappa shape index (κ1) is 23.1. The van der Waals surface area contributed by atoms with Gasteiger partial charge in [-0.05, 0) is 44.4 Å². The number of hydrogen-bond acceptors (Lipinski definition) is 8. The number of nitrogens with two attached hydrogens (primary N) is 1. The molecule has 4 rings (SSSR count). The molecule has 8 nitrogen and oxygen atoms in total. The molecule has 4 heterocycles. The number of pyridine rings is 3. The standard InChI is InChI=1S/C25H30N4O4/c1-14-21-17(23(30)33-24(14,2)3)8-7-15(29-21)9-16-10-18-19(11-27-16)22(32-6)28-12-20(18)25(4,26)13-31-5/h7-8,10-12,14H,9,13,26H2,1-6H3/t14-,25-/m1/s1. The lowest BCUT2D eigenvalue weighted by molar-refractivity contribution is -0.0190. The minimum absolute atomic E-state index is 0.0244. The Morgan fingerprint density at radius 2 is 1.91 bits per heavy atom. The van der Waals surface area contributed by atoms with Crippen LogP contribution >= 0.6 is 0 Å². The van der Waals surface area contributed by atoms with E-state index in [1.165, 1.54) is 0 Å². The summed E-state index contributed by atoms with van der Waals surface area (Å²) < 4.78 is 16.3. The van der Waals surface area contributed by atoms with E-state index in [1.54, 1.807) is 32.7 Å². The normalized spacial score (nSPS) is 19.0. The van der Waals surface area contributed by atoms with Crippen LogP contribution in [0.4, 0.5) is 0 Å². The number of methoxy groups -OCH3 is 2. The number of carbonyl (C=O) groups excluding carboxylic acids is 1. The number of rotatable bonds is 6. The number of hydrogen-bond donors (Lipinski definition) is 1. The Kier molecular flexibility index (Phi) is 5.84. The highest BCUT2D eigenvalue weighted by molar-refractivity contribution is 5.92. The predicted molar refractivity (Wildman–Crippen MR) is 124 cm³/mol. The van der Waals surface area contributed by atoms with E-state index >= 15 is 0 Å². The van der Waals surface area contributed by atoms with Gasteiger partial charge < -0.3 is 19.9 Å². The average Bonchev–Trinajstić information content (AvgIpc) is 2.76. The molecule has 0 aliphatic carbocycles. The molecule has 3 aromatic rings. The summed E-state index contributed by atoms with van der Waals surface area (Å²) in [6, 6.07) is 5.64. The zero-order valence-electron chi connectivity index (χ0n) is 19.9. The third-order valence-electron chi connectivity index (χ3n) is 6.42. The van der Waals surface area contributed by atoms with Crippen molar-refractivity contribution in [2.24, 2.45) is 5.73 Å². The second-order valence-corrected chi connectivity index (χ2v) is 9.38. The summed E-state index contributed by atoms with van der Waals surface area (Å²) >= 11 is 0. The lowest BCUT2D eigenvalue weighted by Crippen LogP contribution is -2.39. The first-order valence-corrected chi connectivity index (χ1v) is 10.9. The van der Waals surface area contributed by atoms with Gasteiger partial charge in [0, 0.05) is 48.8 Å². The number of ether oxygens (including phenoxy) is 3. The largest absolute Gasteiger partial charge is 0.481 e. The fourth-order valence-corrected chi connectivity index (χ4v) is 4.26. The van der Waals surface area contributed by atoms with Crippen molar-refractivity contribution < 1.29 is 19.0 Å². The van der Waals surface area contributed by atoms with Crippen LogP contribution in [0.15, 0.2) is 30.6 Å². The highest BCUT2D eigenvalue weighted by Gasteiger charge is 2.40. The smallest absolute Gasteiger partial charge is 0.340 e. The Morgan fingerprint density at radius 3 is 2.61 bits per heavy atom. The SMILES string of the molecule is COC[C@@](C)(N)c1cnc(OC)c2cnc(Cc3ccc4c(n3)[C@@H](C)C(C)(C)OC4=O)cc12. The molecule has 0 saturated heterocycles. The number of carbonyl (C=O) groups is 1. The third-order valence-corrected chi connectivity index (χ3v) is 6.42. The number of cyclic esters (lactones) is 1. The molecule has 0 spiro atoms. The molecule has 2 N–H and O–H groups in total. The van der Waals surface area contributed by atoms with Crippen LogP contribution in [-0.2, 0) is 21.4 Å². The summed E-state index contributed by atoms with van der Waals surface area (Å²) in [5.74, 6) is 0.131. The van der Waals surface area contributed by atoms with E-state index in [0.29, 0.717) is 24.5 Å². The second kappa shape index (κ2) is 8.35. The van der Waals surface area contributed by atoms with Gasteiger partial charge in [0.2, 0.25) is 5.88 Å². The van der Waals surface area contributed by atoms with E-state index in [9.17, 15) is 4.79 Å². The maximum Gasteiger partial charge on any atom is 0.340 e. The van der Waals surface area contributed by atoms with Crippen LogP contribution in [-0.4, -0.2) is 47.3 Å². The summed E-state index contributed by atoms with van der Waals surface area (Å²) in [6.45, 7) is 8.09. The Balaban J connectivity index is 1.76. The van der Waals surface area contributed by atoms with Crippen LogP contribution in [0.2, 0.25) is 0 Å². The fraction of sp³-hybridized carbons (Fsp3) is 0.440. The molecule has 0 amide bonds. The highest BCUT2D eigenvalue weighted by Crippen LogP contribution is 2.37. The van der Waals surface area contributed by atoms with E-state index in [1.807, 2.05) is 39.8 Å². The van der Waals surface area contributed by atoms with E-state index in [0.717, 1.165) is 33.4 Å². The minimum atomic E-state index is -0.740. The van der Waals surface area contributed by atoms with Gasteiger partial charge in [0.05, 0.1) is 35.9 Å². The van der Waals surface area contributed by atoms with Crippen molar-refractivity contribution in [1.29, 1.82) is 0 Å². The van der Waals surface area contributed by atoms with Crippen molar-refractivity contribution in [3.8, 4) is 5.88 Å². The van der Waals surface area contributed by atoms with Gasteiger partial charge in [-0.1, -0.05) is 6.92 Å². The molecule has 8 heteroatoms. The Labute approximate surface area is 193 Å². The van der Waals surface area contributed by atoms with Crippen LogP contribution in [0.25, 0.3) is 10.8 Å². The van der Waals surface area contributed by atoms with Crippen LogP contribution in [0.1, 0.15) is 66.6 Å². The summed E-state index contributed by atoms with van der Waals surface area (Å²) in [4.78, 5) is 26.3. The van der Waals surface area contributed by atoms with E-state index < -0.39 is 11.1 Å². The summed E-state index contributed by atoms with van der Waals surface area (Å²) in [7, 11) is 3.20. The van der Waals surface area contributed by atoms with Gasteiger partial charge in [0.15, 0.2) is 0 Å². The lowest BCUT2D eigenvalue weighted by atomic mass is 9.84. The van der Waals surface area contributed by atoms with Crippen molar-refractivity contribution >= 4 is 16.7 Å². The maximum atomic E-state index is 12.4. The number of aromatic nitrogens is 3. The van der Waals surface area contributed by atoms with Gasteiger partial charge >= 0.3 is 5.97 Å². The molecule has 0 bridgehead atoms. The quantitative estimate of drug-likeness (QED) is 0.568. The fourth-order valence-electron chi connectivity index (χ4n) is 4.26. The van der Waals surface area contributed by atoms with Gasteiger partial charge in [-0.15, -0.1) is 0 Å². The lowest BCUT2D eigenvalue weighted by Gasteiger charge is -2.36. The van der Waals surface area contributed by atoms with Crippen molar-refractivity contribution in [1.82, 2.24) is 15.0 Å². The predicted octanol–water partition coefficient (Wildman–Crippen LogP) is 3.50. The molecule has 1 aliphatic heterocycles. The van der Waals surface area contributed by atoms with Gasteiger partial charge in [0.1, 0.15) is 5.60 Å². The molecule has 0 radical (unpaired) electrons.